The van der Waals surface area contributed by atoms with Crippen LogP contribution in [0.1, 0.15) is 31.8 Å². The summed E-state index contributed by atoms with van der Waals surface area (Å²) in [6.45, 7) is 0.164. The van der Waals surface area contributed by atoms with Gasteiger partial charge in [0.2, 0.25) is 13.6 Å². The molecule has 2 N–H and O–H groups in total. The molecule has 0 radical (unpaired) electrons. The van der Waals surface area contributed by atoms with Gasteiger partial charge >= 0.3 is 5.97 Å². The number of ether oxygens (including phenoxy) is 5. The molecule has 2 aliphatic heterocycles. The van der Waals surface area contributed by atoms with Crippen LogP contribution in [0.4, 0.5) is 0 Å². The van der Waals surface area contributed by atoms with E-state index in [4.69, 9.17) is 23.7 Å². The van der Waals surface area contributed by atoms with Crippen molar-refractivity contribution in [1.29, 1.82) is 0 Å². The Labute approximate surface area is 273 Å². The molecule has 4 aromatic rings. The van der Waals surface area contributed by atoms with Crippen LogP contribution in [-0.4, -0.2) is 37.6 Å². The van der Waals surface area contributed by atoms with E-state index in [1.54, 1.807) is 72.8 Å². The van der Waals surface area contributed by atoms with Crippen LogP contribution in [0.3, 0.4) is 0 Å². The molecule has 0 bridgehead atoms. The van der Waals surface area contributed by atoms with Crippen molar-refractivity contribution >= 4 is 61.9 Å². The maximum atomic E-state index is 13.3. The van der Waals surface area contributed by atoms with E-state index in [0.717, 1.165) is 0 Å². The number of fused-ring (bicyclic) bond motifs is 2. The van der Waals surface area contributed by atoms with Crippen molar-refractivity contribution < 1.29 is 38.1 Å². The SMILES string of the molecule is O=C(N/N=C/c1cc(Br)cc(Br)c1OC(=O)c1ccc2c(c1)OCO2)/C(=C\c1ccc2c(c1)OCO2)NC(=O)c1ccccc1. The monoisotopic (exact) mass is 733 g/mol. The van der Waals surface area contributed by atoms with E-state index in [9.17, 15) is 14.4 Å². The largest absolute Gasteiger partial charge is 0.454 e. The molecule has 45 heavy (non-hydrogen) atoms. The van der Waals surface area contributed by atoms with Gasteiger partial charge in [-0.2, -0.15) is 5.10 Å². The van der Waals surface area contributed by atoms with Crippen LogP contribution in [0.25, 0.3) is 6.08 Å². The number of nitrogens with one attached hydrogen (secondary N) is 2. The number of hydrogen-bond acceptors (Lipinski definition) is 9. The molecule has 2 heterocycles. The van der Waals surface area contributed by atoms with E-state index in [0.29, 0.717) is 48.6 Å². The van der Waals surface area contributed by atoms with Gasteiger partial charge in [0, 0.05) is 15.6 Å². The fourth-order valence-electron chi connectivity index (χ4n) is 4.29. The second-order valence-corrected chi connectivity index (χ2v) is 11.2. The average Bonchev–Trinajstić information content (AvgIpc) is 3.71. The van der Waals surface area contributed by atoms with E-state index < -0.39 is 17.8 Å². The van der Waals surface area contributed by atoms with Crippen LogP contribution in [-0.2, 0) is 4.79 Å². The summed E-state index contributed by atoms with van der Waals surface area (Å²) in [5.41, 5.74) is 3.90. The summed E-state index contributed by atoms with van der Waals surface area (Å²) < 4.78 is 28.3. The Hall–Kier alpha value is -5.14. The molecule has 226 valence electrons. The highest BCUT2D eigenvalue weighted by molar-refractivity contribution is 9.11. The standard InChI is InChI=1S/C32H21Br2N3O8/c33-22-12-21(29(23(34)14-22)45-32(40)20-7-9-26-28(13-20)44-17-42-26)15-35-37-31(39)24(36-30(38)19-4-2-1-3-5-19)10-18-6-8-25-27(11-18)43-16-41-25/h1-15H,16-17H2,(H,36,38)(H,37,39)/b24-10+,35-15+. The quantitative estimate of drug-likeness (QED) is 0.0762. The number of hydrazone groups is 1. The molecule has 0 saturated carbocycles. The van der Waals surface area contributed by atoms with Gasteiger partial charge < -0.3 is 29.0 Å². The van der Waals surface area contributed by atoms with E-state index in [1.165, 1.54) is 18.4 Å². The Balaban J connectivity index is 1.23. The van der Waals surface area contributed by atoms with Crippen molar-refractivity contribution in [2.24, 2.45) is 5.10 Å². The summed E-state index contributed by atoms with van der Waals surface area (Å²) in [6.07, 6.45) is 2.80. The van der Waals surface area contributed by atoms with E-state index in [1.807, 2.05) is 0 Å². The van der Waals surface area contributed by atoms with Crippen molar-refractivity contribution in [3.05, 3.63) is 116 Å². The molecule has 13 heteroatoms. The topological polar surface area (TPSA) is 134 Å². The van der Waals surface area contributed by atoms with Gasteiger partial charge in [0.15, 0.2) is 28.7 Å². The van der Waals surface area contributed by atoms with Gasteiger partial charge in [0.05, 0.1) is 16.3 Å². The molecule has 0 fully saturated rings. The number of carbonyl (C=O) groups is 3. The molecule has 2 aliphatic rings. The first-order valence-corrected chi connectivity index (χ1v) is 14.8. The Morgan fingerprint density at radius 3 is 2.22 bits per heavy atom. The van der Waals surface area contributed by atoms with E-state index in [2.05, 4.69) is 47.7 Å². The fraction of sp³-hybridized carbons (Fsp3) is 0.0625. The summed E-state index contributed by atoms with van der Waals surface area (Å²) in [6, 6.07) is 21.7. The van der Waals surface area contributed by atoms with Gasteiger partial charge in [-0.3, -0.25) is 9.59 Å². The van der Waals surface area contributed by atoms with Crippen LogP contribution >= 0.6 is 31.9 Å². The maximum absolute atomic E-state index is 13.3. The molecule has 2 amide bonds. The highest BCUT2D eigenvalue weighted by Gasteiger charge is 2.21. The van der Waals surface area contributed by atoms with Gasteiger partial charge in [-0.15, -0.1) is 0 Å². The van der Waals surface area contributed by atoms with Crippen LogP contribution in [0.15, 0.2) is 98.6 Å². The Morgan fingerprint density at radius 1 is 0.778 bits per heavy atom. The minimum absolute atomic E-state index is 0.0714. The van der Waals surface area contributed by atoms with Crippen molar-refractivity contribution in [3.8, 4) is 28.7 Å². The molecular weight excluding hydrogens is 714 g/mol. The predicted molar refractivity (Wildman–Crippen MR) is 170 cm³/mol. The third-order valence-electron chi connectivity index (χ3n) is 6.45. The molecule has 0 saturated heterocycles. The van der Waals surface area contributed by atoms with Crippen molar-refractivity contribution in [3.63, 3.8) is 0 Å². The first-order chi connectivity index (χ1) is 21.8. The molecule has 0 unspecified atom stereocenters. The lowest BCUT2D eigenvalue weighted by atomic mass is 10.1. The lowest BCUT2D eigenvalue weighted by Crippen LogP contribution is -2.32. The first-order valence-electron chi connectivity index (χ1n) is 13.3. The number of esters is 1. The number of rotatable bonds is 8. The summed E-state index contributed by atoms with van der Waals surface area (Å²) in [5.74, 6) is 0.376. The zero-order valence-corrected chi connectivity index (χ0v) is 26.2. The molecule has 0 spiro atoms. The van der Waals surface area contributed by atoms with Crippen molar-refractivity contribution in [2.45, 2.75) is 0 Å². The van der Waals surface area contributed by atoms with E-state index >= 15 is 0 Å². The Kier molecular flexibility index (Phi) is 8.80. The summed E-state index contributed by atoms with van der Waals surface area (Å²) in [4.78, 5) is 39.3. The summed E-state index contributed by atoms with van der Waals surface area (Å²) in [5, 5.41) is 6.73. The zero-order chi connectivity index (χ0) is 31.3. The Bertz CT molecular complexity index is 1880. The molecule has 4 aromatic carbocycles. The predicted octanol–water partition coefficient (Wildman–Crippen LogP) is 5.81. The van der Waals surface area contributed by atoms with Gasteiger partial charge in [-0.05, 0) is 82.2 Å². The van der Waals surface area contributed by atoms with Gasteiger partial charge in [0.25, 0.3) is 11.8 Å². The maximum Gasteiger partial charge on any atom is 0.343 e. The number of halogens is 2. The smallest absolute Gasteiger partial charge is 0.343 e. The lowest BCUT2D eigenvalue weighted by Gasteiger charge is -2.11. The van der Waals surface area contributed by atoms with Crippen molar-refractivity contribution in [1.82, 2.24) is 10.7 Å². The highest BCUT2D eigenvalue weighted by atomic mass is 79.9. The van der Waals surface area contributed by atoms with Crippen LogP contribution in [0, 0.1) is 0 Å². The molecule has 0 atom stereocenters. The molecule has 6 rings (SSSR count). The highest BCUT2D eigenvalue weighted by Crippen LogP contribution is 2.36. The molecule has 0 aromatic heterocycles. The minimum Gasteiger partial charge on any atom is -0.454 e. The number of amides is 2. The van der Waals surface area contributed by atoms with Gasteiger partial charge in [-0.25, -0.2) is 10.2 Å². The van der Waals surface area contributed by atoms with E-state index in [-0.39, 0.29) is 30.6 Å². The number of hydrogen-bond donors (Lipinski definition) is 2. The zero-order valence-electron chi connectivity index (χ0n) is 23.0. The fourth-order valence-corrected chi connectivity index (χ4v) is 5.63. The number of carbonyl (C=O) groups excluding carboxylic acids is 3. The molecule has 11 nitrogen and oxygen atoms in total. The van der Waals surface area contributed by atoms with Crippen molar-refractivity contribution in [2.75, 3.05) is 13.6 Å². The van der Waals surface area contributed by atoms with Gasteiger partial charge in [0.1, 0.15) is 5.70 Å². The average molecular weight is 735 g/mol. The minimum atomic E-state index is -0.707. The third-order valence-corrected chi connectivity index (χ3v) is 7.49. The third kappa shape index (κ3) is 7.00. The second-order valence-electron chi connectivity index (χ2n) is 9.45. The van der Waals surface area contributed by atoms with Crippen LogP contribution in [0.5, 0.6) is 28.7 Å². The molecular formula is C32H21Br2N3O8. The lowest BCUT2D eigenvalue weighted by molar-refractivity contribution is -0.117. The summed E-state index contributed by atoms with van der Waals surface area (Å²) in [7, 11) is 0. The number of benzene rings is 4. The molecule has 0 aliphatic carbocycles. The van der Waals surface area contributed by atoms with Gasteiger partial charge in [-0.1, -0.05) is 40.2 Å². The normalized spacial score (nSPS) is 13.1. The van der Waals surface area contributed by atoms with Crippen LogP contribution < -0.4 is 34.4 Å². The second kappa shape index (κ2) is 13.2. The Morgan fingerprint density at radius 2 is 1.47 bits per heavy atom. The summed E-state index contributed by atoms with van der Waals surface area (Å²) >= 11 is 6.84. The first kappa shape index (κ1) is 29.9. The van der Waals surface area contributed by atoms with Crippen LogP contribution in [0.2, 0.25) is 0 Å². The number of nitrogens with zero attached hydrogens (tertiary/aromatic N) is 1.